The smallest absolute Gasteiger partial charge is 0.340 e. The summed E-state index contributed by atoms with van der Waals surface area (Å²) in [6.45, 7) is 3.48. The third-order valence-electron chi connectivity index (χ3n) is 5.34. The van der Waals surface area contributed by atoms with Crippen molar-refractivity contribution in [1.29, 1.82) is 0 Å². The maximum Gasteiger partial charge on any atom is 0.351 e. The van der Waals surface area contributed by atoms with Gasteiger partial charge in [-0.2, -0.15) is 10.6 Å². The molecule has 0 spiro atoms. The summed E-state index contributed by atoms with van der Waals surface area (Å²) in [6.07, 6.45) is 3.45. The van der Waals surface area contributed by atoms with E-state index in [1.165, 1.54) is 11.8 Å². The van der Waals surface area contributed by atoms with E-state index in [0.29, 0.717) is 16.3 Å². The number of fused-ring (bicyclic) bond motifs is 1. The Labute approximate surface area is 195 Å². The molecule has 1 aliphatic heterocycles. The topological polar surface area (TPSA) is 96.8 Å². The second kappa shape index (κ2) is 9.33. The number of carbonyl (C=O) groups is 3. The van der Waals surface area contributed by atoms with Gasteiger partial charge in [0, 0.05) is 44.1 Å². The summed E-state index contributed by atoms with van der Waals surface area (Å²) in [5.74, 6) is -0.912. The summed E-state index contributed by atoms with van der Waals surface area (Å²) in [5, 5.41) is 4.48. The number of hydrogen-bond donors (Lipinski definition) is 1. The fraction of sp³-hybridized carbons (Fsp3) is 0.217. The normalized spacial score (nSPS) is 15.4. The number of carbonyl (C=O) groups excluding carboxylic acids is 3. The largest absolute Gasteiger partial charge is 0.351 e. The number of amides is 3. The minimum absolute atomic E-state index is 0.223. The fourth-order valence-electron chi connectivity index (χ4n) is 3.73. The van der Waals surface area contributed by atoms with Crippen molar-refractivity contribution in [3.8, 4) is 5.69 Å². The zero-order chi connectivity index (χ0) is 23.5. The lowest BCUT2D eigenvalue weighted by molar-refractivity contribution is -0.146. The van der Waals surface area contributed by atoms with Gasteiger partial charge in [-0.1, -0.05) is 29.8 Å². The van der Waals surface area contributed by atoms with E-state index >= 15 is 0 Å². The lowest BCUT2D eigenvalue weighted by atomic mass is 10.1. The van der Waals surface area contributed by atoms with Crippen LogP contribution < -0.4 is 10.4 Å². The number of rotatable bonds is 2. The third-order valence-corrected chi connectivity index (χ3v) is 5.65. The number of anilines is 1. The van der Waals surface area contributed by atoms with E-state index in [4.69, 9.17) is 11.6 Å². The van der Waals surface area contributed by atoms with E-state index < -0.39 is 12.0 Å². The van der Waals surface area contributed by atoms with Gasteiger partial charge in [-0.15, -0.1) is 0 Å². The maximum absolute atomic E-state index is 13.6. The molecule has 170 valence electrons. The first kappa shape index (κ1) is 22.3. The summed E-state index contributed by atoms with van der Waals surface area (Å²) in [5.41, 5.74) is 4.69. The zero-order valence-corrected chi connectivity index (χ0v) is 18.8. The molecule has 1 atom stereocenters. The quantitative estimate of drug-likeness (QED) is 0.581. The van der Waals surface area contributed by atoms with Crippen LogP contribution in [0, 0.1) is 0 Å². The van der Waals surface area contributed by atoms with Crippen LogP contribution in [0.2, 0.25) is 5.02 Å². The van der Waals surface area contributed by atoms with Crippen molar-refractivity contribution in [1.82, 2.24) is 20.2 Å². The van der Waals surface area contributed by atoms with E-state index in [0.717, 1.165) is 11.3 Å². The second-order valence-electron chi connectivity index (χ2n) is 7.64. The molecule has 2 heterocycles. The molecule has 0 saturated heterocycles. The van der Waals surface area contributed by atoms with Gasteiger partial charge in [-0.05, 0) is 42.8 Å². The minimum atomic E-state index is -0.628. The van der Waals surface area contributed by atoms with E-state index in [1.807, 2.05) is 31.2 Å². The molecule has 33 heavy (non-hydrogen) atoms. The minimum Gasteiger partial charge on any atom is -0.340 e. The molecule has 9 nitrogen and oxygen atoms in total. The molecule has 3 amide bonds. The third kappa shape index (κ3) is 4.68. The van der Waals surface area contributed by atoms with Crippen molar-refractivity contribution in [3.63, 3.8) is 0 Å². The highest BCUT2D eigenvalue weighted by Crippen LogP contribution is 2.30. The maximum atomic E-state index is 13.6. The van der Waals surface area contributed by atoms with Crippen LogP contribution in [-0.4, -0.2) is 45.2 Å². The molecule has 4 rings (SSSR count). The summed E-state index contributed by atoms with van der Waals surface area (Å²) >= 11 is 6.50. The highest BCUT2D eigenvalue weighted by Gasteiger charge is 2.32. The molecule has 3 aromatic rings. The standard InChI is InChI=1S/C23H22ClN5O4/c1-15-13-28(22(31)19-9-8-18(12-20(19)24)29-11-5-10-25-29)21-7-4-3-6-17(21)14-27(15)23(32)26-33-16(2)30/h3-12,15H,13-14H2,1-2H3,(H,26,32)/t15-/m1/s1. The lowest BCUT2D eigenvalue weighted by Crippen LogP contribution is -2.48. The summed E-state index contributed by atoms with van der Waals surface area (Å²) in [6, 6.07) is 13.3. The van der Waals surface area contributed by atoms with Crippen LogP contribution in [0.4, 0.5) is 10.5 Å². The average Bonchev–Trinajstić information content (AvgIpc) is 3.29. The van der Waals surface area contributed by atoms with Crippen LogP contribution in [0.3, 0.4) is 0 Å². The van der Waals surface area contributed by atoms with Gasteiger partial charge in [0.15, 0.2) is 0 Å². The summed E-state index contributed by atoms with van der Waals surface area (Å²) in [4.78, 5) is 45.1. The van der Waals surface area contributed by atoms with E-state index in [2.05, 4.69) is 15.4 Å². The highest BCUT2D eigenvalue weighted by atomic mass is 35.5. The van der Waals surface area contributed by atoms with Crippen molar-refractivity contribution >= 4 is 35.2 Å². The molecule has 0 saturated carbocycles. The molecule has 0 unspecified atom stereocenters. The molecular formula is C23H22ClN5O4. The van der Waals surface area contributed by atoms with Gasteiger partial charge < -0.3 is 14.6 Å². The Morgan fingerprint density at radius 3 is 2.64 bits per heavy atom. The van der Waals surface area contributed by atoms with Crippen LogP contribution in [-0.2, 0) is 16.2 Å². The van der Waals surface area contributed by atoms with E-state index in [-0.39, 0.29) is 25.0 Å². The van der Waals surface area contributed by atoms with Gasteiger partial charge in [-0.3, -0.25) is 9.59 Å². The van der Waals surface area contributed by atoms with E-state index in [1.54, 1.807) is 46.2 Å². The number of nitrogens with one attached hydrogen (secondary N) is 1. The van der Waals surface area contributed by atoms with Crippen LogP contribution in [0.5, 0.6) is 0 Å². The molecular weight excluding hydrogens is 446 g/mol. The SMILES string of the molecule is CC(=O)ONC(=O)N1Cc2ccccc2N(C(=O)c2ccc(-n3cccn3)cc2Cl)C[C@H]1C. The van der Waals surface area contributed by atoms with Crippen LogP contribution in [0.15, 0.2) is 60.9 Å². The molecule has 2 aromatic carbocycles. The number of aromatic nitrogens is 2. The number of urea groups is 1. The average molecular weight is 468 g/mol. The number of nitrogens with zero attached hydrogens (tertiary/aromatic N) is 4. The first-order valence-electron chi connectivity index (χ1n) is 10.3. The zero-order valence-electron chi connectivity index (χ0n) is 18.1. The van der Waals surface area contributed by atoms with Gasteiger partial charge >= 0.3 is 12.0 Å². The Kier molecular flexibility index (Phi) is 6.32. The van der Waals surface area contributed by atoms with Crippen molar-refractivity contribution in [2.45, 2.75) is 26.4 Å². The summed E-state index contributed by atoms with van der Waals surface area (Å²) < 4.78 is 1.66. The Balaban J connectivity index is 1.64. The Bertz CT molecular complexity index is 1200. The van der Waals surface area contributed by atoms with Crippen molar-refractivity contribution in [2.24, 2.45) is 0 Å². The monoisotopic (exact) mass is 467 g/mol. The number of hydrogen-bond acceptors (Lipinski definition) is 5. The first-order chi connectivity index (χ1) is 15.8. The molecule has 0 radical (unpaired) electrons. The first-order valence-corrected chi connectivity index (χ1v) is 10.7. The van der Waals surface area contributed by atoms with Crippen LogP contribution in [0.1, 0.15) is 29.8 Å². The molecule has 1 aromatic heterocycles. The Morgan fingerprint density at radius 1 is 1.15 bits per heavy atom. The van der Waals surface area contributed by atoms with Gasteiger partial charge in [0.05, 0.1) is 16.3 Å². The van der Waals surface area contributed by atoms with Gasteiger partial charge in [-0.25, -0.2) is 9.48 Å². The van der Waals surface area contributed by atoms with Gasteiger partial charge in [0.2, 0.25) is 0 Å². The molecule has 1 aliphatic rings. The van der Waals surface area contributed by atoms with Gasteiger partial charge in [0.1, 0.15) is 0 Å². The molecule has 10 heteroatoms. The Morgan fingerprint density at radius 2 is 1.94 bits per heavy atom. The van der Waals surface area contributed by atoms with Crippen molar-refractivity contribution in [3.05, 3.63) is 77.1 Å². The van der Waals surface area contributed by atoms with Crippen LogP contribution >= 0.6 is 11.6 Å². The Hall–Kier alpha value is -3.85. The highest BCUT2D eigenvalue weighted by molar-refractivity contribution is 6.34. The molecule has 1 N–H and O–H groups in total. The predicted octanol–water partition coefficient (Wildman–Crippen LogP) is 3.56. The van der Waals surface area contributed by atoms with Crippen molar-refractivity contribution in [2.75, 3.05) is 11.4 Å². The van der Waals surface area contributed by atoms with Crippen molar-refractivity contribution < 1.29 is 19.2 Å². The van der Waals surface area contributed by atoms with E-state index in [9.17, 15) is 14.4 Å². The fourth-order valence-corrected chi connectivity index (χ4v) is 3.99. The molecule has 0 bridgehead atoms. The predicted molar refractivity (Wildman–Crippen MR) is 122 cm³/mol. The number of halogens is 1. The lowest BCUT2D eigenvalue weighted by Gasteiger charge is -2.29. The number of benzene rings is 2. The number of hydroxylamine groups is 1. The number of para-hydroxylation sites is 1. The van der Waals surface area contributed by atoms with Crippen LogP contribution in [0.25, 0.3) is 5.69 Å². The molecule has 0 aliphatic carbocycles. The van der Waals surface area contributed by atoms with Gasteiger partial charge in [0.25, 0.3) is 5.91 Å². The summed E-state index contributed by atoms with van der Waals surface area (Å²) in [7, 11) is 0. The molecule has 0 fully saturated rings. The second-order valence-corrected chi connectivity index (χ2v) is 8.04.